The van der Waals surface area contributed by atoms with Crippen molar-refractivity contribution in [1.82, 2.24) is 35.2 Å². The van der Waals surface area contributed by atoms with Crippen LogP contribution in [0.1, 0.15) is 70.8 Å². The van der Waals surface area contributed by atoms with Crippen molar-refractivity contribution in [2.45, 2.75) is 52.7 Å². The number of nitrogens with zero attached hydrogens (tertiary/aromatic N) is 6. The zero-order chi connectivity index (χ0) is 25.1. The maximum absolute atomic E-state index is 6.31. The molecule has 0 unspecified atom stereocenters. The van der Waals surface area contributed by atoms with E-state index in [1.807, 2.05) is 25.1 Å². The number of hydrogen-bond donors (Lipinski definition) is 1. The zero-order valence-corrected chi connectivity index (χ0v) is 21.1. The molecule has 1 saturated carbocycles. The molecule has 2 aromatic carbocycles. The summed E-state index contributed by atoms with van der Waals surface area (Å²) >= 11 is 0. The van der Waals surface area contributed by atoms with Gasteiger partial charge in [-0.05, 0) is 90.1 Å². The number of pyridine rings is 1. The van der Waals surface area contributed by atoms with Gasteiger partial charge in [0, 0.05) is 22.7 Å². The van der Waals surface area contributed by atoms with Gasteiger partial charge in [-0.2, -0.15) is 0 Å². The number of rotatable bonds is 4. The van der Waals surface area contributed by atoms with Gasteiger partial charge in [-0.25, -0.2) is 15.1 Å². The number of allylic oxidation sites excluding steroid dienone is 1. The topological polar surface area (TPSA) is 94.4 Å². The van der Waals surface area contributed by atoms with E-state index in [0.717, 1.165) is 62.8 Å². The highest BCUT2D eigenvalue weighted by atomic mass is 16.5. The molecule has 0 radical (unpaired) electrons. The third-order valence-corrected chi connectivity index (χ3v) is 7.39. The maximum Gasteiger partial charge on any atom is 0.175 e. The number of aryl methyl sites for hydroxylation is 2. The SMILES string of the molecule is CC(=C1c2ccc(Cn3c(C4CC4)nc4c(C)cc(C)nc43)cc2COc2ccccc21)c1nnn[nH]1. The molecule has 8 heteroatoms. The zero-order valence-electron chi connectivity index (χ0n) is 21.1. The van der Waals surface area contributed by atoms with E-state index in [4.69, 9.17) is 14.7 Å². The fourth-order valence-corrected chi connectivity index (χ4v) is 5.46. The standard InChI is InChI=1S/C29H27N7O/c1-16-12-17(2)30-29-26(16)31-28(20-9-10-20)36(29)14-19-8-11-22-21(13-19)15-37-24-7-5-4-6-23(24)25(22)18(3)27-32-34-35-33-27/h4-8,11-13,20H,9-10,14-15H2,1-3H3,(H,32,33,34,35). The first-order valence-corrected chi connectivity index (χ1v) is 12.7. The third-order valence-electron chi connectivity index (χ3n) is 7.39. The van der Waals surface area contributed by atoms with E-state index >= 15 is 0 Å². The molecule has 0 saturated heterocycles. The Hall–Kier alpha value is -4.33. The van der Waals surface area contributed by atoms with Gasteiger partial charge in [0.15, 0.2) is 11.5 Å². The molecule has 1 N–H and O–H groups in total. The van der Waals surface area contributed by atoms with Crippen LogP contribution in [0.5, 0.6) is 5.75 Å². The van der Waals surface area contributed by atoms with Crippen molar-refractivity contribution in [2.24, 2.45) is 0 Å². The van der Waals surface area contributed by atoms with Gasteiger partial charge in [-0.15, -0.1) is 5.10 Å². The summed E-state index contributed by atoms with van der Waals surface area (Å²) in [5.41, 5.74) is 10.8. The summed E-state index contributed by atoms with van der Waals surface area (Å²) in [7, 11) is 0. The Kier molecular flexibility index (Phi) is 4.96. The number of para-hydroxylation sites is 1. The Bertz CT molecular complexity index is 1690. The molecule has 7 rings (SSSR count). The number of benzene rings is 2. The van der Waals surface area contributed by atoms with E-state index in [9.17, 15) is 0 Å². The lowest BCUT2D eigenvalue weighted by molar-refractivity contribution is 0.307. The van der Waals surface area contributed by atoms with Gasteiger partial charge in [-0.3, -0.25) is 0 Å². The van der Waals surface area contributed by atoms with Crippen LogP contribution < -0.4 is 4.74 Å². The normalized spacial score (nSPS) is 16.2. The second-order valence-corrected chi connectivity index (χ2v) is 10.1. The predicted molar refractivity (Wildman–Crippen MR) is 141 cm³/mol. The molecule has 8 nitrogen and oxygen atoms in total. The van der Waals surface area contributed by atoms with E-state index in [2.05, 4.69) is 69.4 Å². The van der Waals surface area contributed by atoms with Gasteiger partial charge in [0.25, 0.3) is 0 Å². The quantitative estimate of drug-likeness (QED) is 0.365. The number of aromatic nitrogens is 7. The van der Waals surface area contributed by atoms with Crippen molar-refractivity contribution < 1.29 is 4.74 Å². The summed E-state index contributed by atoms with van der Waals surface area (Å²) in [6, 6.07) is 17.0. The van der Waals surface area contributed by atoms with Crippen LogP contribution in [0.15, 0.2) is 48.5 Å². The van der Waals surface area contributed by atoms with Crippen molar-refractivity contribution in [2.75, 3.05) is 0 Å². The molecule has 2 aliphatic rings. The molecule has 0 amide bonds. The second-order valence-electron chi connectivity index (χ2n) is 10.1. The first-order chi connectivity index (χ1) is 18.1. The van der Waals surface area contributed by atoms with Crippen molar-refractivity contribution in [3.8, 4) is 5.75 Å². The maximum atomic E-state index is 6.31. The van der Waals surface area contributed by atoms with E-state index in [1.165, 1.54) is 24.0 Å². The highest BCUT2D eigenvalue weighted by Crippen LogP contribution is 2.42. The molecule has 4 heterocycles. The Labute approximate surface area is 214 Å². The van der Waals surface area contributed by atoms with Crippen LogP contribution in [-0.2, 0) is 13.2 Å². The number of H-pyrrole nitrogens is 1. The van der Waals surface area contributed by atoms with Crippen molar-refractivity contribution in [1.29, 1.82) is 0 Å². The molecule has 0 atom stereocenters. The molecular weight excluding hydrogens is 462 g/mol. The largest absolute Gasteiger partial charge is 0.488 e. The van der Waals surface area contributed by atoms with Crippen LogP contribution in [0.4, 0.5) is 0 Å². The first-order valence-electron chi connectivity index (χ1n) is 12.7. The second kappa shape index (κ2) is 8.37. The lowest BCUT2D eigenvalue weighted by Crippen LogP contribution is -2.07. The molecular formula is C29H27N7O. The molecule has 0 bridgehead atoms. The number of nitrogens with one attached hydrogen (secondary N) is 1. The monoisotopic (exact) mass is 489 g/mol. The lowest BCUT2D eigenvalue weighted by atomic mass is 9.89. The summed E-state index contributed by atoms with van der Waals surface area (Å²) < 4.78 is 8.63. The summed E-state index contributed by atoms with van der Waals surface area (Å²) in [4.78, 5) is 9.95. The number of imidazole rings is 1. The molecule has 5 aromatic rings. The number of aromatic amines is 1. The van der Waals surface area contributed by atoms with Crippen LogP contribution in [-0.4, -0.2) is 35.2 Å². The molecule has 1 fully saturated rings. The average molecular weight is 490 g/mol. The van der Waals surface area contributed by atoms with E-state index < -0.39 is 0 Å². The summed E-state index contributed by atoms with van der Waals surface area (Å²) in [5, 5.41) is 14.7. The molecule has 184 valence electrons. The van der Waals surface area contributed by atoms with Gasteiger partial charge in [0.1, 0.15) is 23.7 Å². The van der Waals surface area contributed by atoms with Crippen LogP contribution in [0.2, 0.25) is 0 Å². The number of tetrazole rings is 1. The molecule has 37 heavy (non-hydrogen) atoms. The van der Waals surface area contributed by atoms with Crippen LogP contribution >= 0.6 is 0 Å². The van der Waals surface area contributed by atoms with Crippen molar-refractivity contribution >= 4 is 22.3 Å². The van der Waals surface area contributed by atoms with Gasteiger partial charge in [0.2, 0.25) is 0 Å². The molecule has 1 aliphatic heterocycles. The van der Waals surface area contributed by atoms with E-state index in [0.29, 0.717) is 18.3 Å². The highest BCUT2D eigenvalue weighted by molar-refractivity contribution is 5.99. The fourth-order valence-electron chi connectivity index (χ4n) is 5.46. The minimum absolute atomic E-state index is 0.488. The van der Waals surface area contributed by atoms with Crippen LogP contribution in [0, 0.1) is 13.8 Å². The Balaban J connectivity index is 1.36. The fraction of sp³-hybridized carbons (Fsp3) is 0.276. The van der Waals surface area contributed by atoms with Crippen molar-refractivity contribution in [3.63, 3.8) is 0 Å². The minimum atomic E-state index is 0.488. The Morgan fingerprint density at radius 3 is 2.73 bits per heavy atom. The van der Waals surface area contributed by atoms with Gasteiger partial charge < -0.3 is 9.30 Å². The lowest BCUT2D eigenvalue weighted by Gasteiger charge is -2.15. The predicted octanol–water partition coefficient (Wildman–Crippen LogP) is 5.36. The van der Waals surface area contributed by atoms with Gasteiger partial charge >= 0.3 is 0 Å². The van der Waals surface area contributed by atoms with Crippen LogP contribution in [0.25, 0.3) is 22.3 Å². The van der Waals surface area contributed by atoms with E-state index in [-0.39, 0.29) is 0 Å². The highest BCUT2D eigenvalue weighted by Gasteiger charge is 2.31. The molecule has 3 aromatic heterocycles. The third kappa shape index (κ3) is 3.71. The minimum Gasteiger partial charge on any atom is -0.488 e. The summed E-state index contributed by atoms with van der Waals surface area (Å²) in [6.45, 7) is 7.44. The Morgan fingerprint density at radius 1 is 1.05 bits per heavy atom. The average Bonchev–Trinajstić information content (AvgIpc) is 3.51. The smallest absolute Gasteiger partial charge is 0.175 e. The Morgan fingerprint density at radius 2 is 1.92 bits per heavy atom. The number of ether oxygens (including phenoxy) is 1. The molecule has 1 aliphatic carbocycles. The van der Waals surface area contributed by atoms with Gasteiger partial charge in [0.05, 0.1) is 6.54 Å². The molecule has 0 spiro atoms. The van der Waals surface area contributed by atoms with Crippen molar-refractivity contribution in [3.05, 3.63) is 93.7 Å². The van der Waals surface area contributed by atoms with E-state index in [1.54, 1.807) is 0 Å². The number of fused-ring (bicyclic) bond motifs is 3. The summed E-state index contributed by atoms with van der Waals surface area (Å²) in [6.07, 6.45) is 2.39. The van der Waals surface area contributed by atoms with Crippen LogP contribution in [0.3, 0.4) is 0 Å². The van der Waals surface area contributed by atoms with Gasteiger partial charge in [-0.1, -0.05) is 30.3 Å². The summed E-state index contributed by atoms with van der Waals surface area (Å²) in [5.74, 6) is 3.19. The number of hydrogen-bond acceptors (Lipinski definition) is 6. The first kappa shape index (κ1) is 21.9.